The van der Waals surface area contributed by atoms with Crippen molar-refractivity contribution in [3.63, 3.8) is 0 Å². The lowest BCUT2D eigenvalue weighted by Crippen LogP contribution is -2.39. The summed E-state index contributed by atoms with van der Waals surface area (Å²) in [7, 11) is 0. The maximum Gasteiger partial charge on any atom is 0.142 e. The van der Waals surface area contributed by atoms with Crippen LogP contribution in [0.15, 0.2) is 18.2 Å². The minimum Gasteiger partial charge on any atom is -0.299 e. The van der Waals surface area contributed by atoms with Gasteiger partial charge in [-0.1, -0.05) is 40.5 Å². The fourth-order valence-corrected chi connectivity index (χ4v) is 2.73. The Morgan fingerprint density at radius 3 is 2.94 bits per heavy atom. The fraction of sp³-hybridized carbons (Fsp3) is 0.538. The Morgan fingerprint density at radius 1 is 1.53 bits per heavy atom. The molecule has 0 saturated carbocycles. The molecule has 1 aromatic rings. The maximum absolute atomic E-state index is 13.3. The summed E-state index contributed by atoms with van der Waals surface area (Å²) in [6, 6.07) is 5.07. The molecule has 1 aliphatic rings. The summed E-state index contributed by atoms with van der Waals surface area (Å²) in [5.74, 6) is 0.313. The molecular formula is C13H16BrClFN. The summed E-state index contributed by atoms with van der Waals surface area (Å²) in [5, 5.41) is 0.196. The van der Waals surface area contributed by atoms with Gasteiger partial charge in [-0.3, -0.25) is 4.90 Å². The third kappa shape index (κ3) is 3.43. The van der Waals surface area contributed by atoms with Crippen molar-refractivity contribution < 1.29 is 4.39 Å². The smallest absolute Gasteiger partial charge is 0.142 e. The molecule has 2 atom stereocenters. The Balaban J connectivity index is 1.99. The minimum atomic E-state index is -0.326. The number of nitrogens with zero attached hydrogens (tertiary/aromatic N) is 1. The van der Waals surface area contributed by atoms with Gasteiger partial charge in [0, 0.05) is 17.9 Å². The van der Waals surface area contributed by atoms with Gasteiger partial charge in [0.1, 0.15) is 5.82 Å². The van der Waals surface area contributed by atoms with Gasteiger partial charge in [0.2, 0.25) is 0 Å². The van der Waals surface area contributed by atoms with E-state index in [0.29, 0.717) is 10.7 Å². The molecule has 94 valence electrons. The molecule has 2 rings (SSSR count). The number of alkyl halides is 1. The van der Waals surface area contributed by atoms with Gasteiger partial charge in [-0.2, -0.15) is 0 Å². The van der Waals surface area contributed by atoms with Gasteiger partial charge >= 0.3 is 0 Å². The van der Waals surface area contributed by atoms with E-state index < -0.39 is 0 Å². The quantitative estimate of drug-likeness (QED) is 0.742. The second-order valence-electron chi connectivity index (χ2n) is 4.77. The van der Waals surface area contributed by atoms with E-state index in [0.717, 1.165) is 31.6 Å². The zero-order valence-electron chi connectivity index (χ0n) is 9.80. The molecular weight excluding hydrogens is 305 g/mol. The molecule has 0 aliphatic carbocycles. The predicted molar refractivity (Wildman–Crippen MR) is 73.2 cm³/mol. The zero-order valence-corrected chi connectivity index (χ0v) is 12.1. The topological polar surface area (TPSA) is 3.24 Å². The highest BCUT2D eigenvalue weighted by Crippen LogP contribution is 2.25. The first-order valence-electron chi connectivity index (χ1n) is 5.86. The molecule has 0 aromatic heterocycles. The zero-order chi connectivity index (χ0) is 12.4. The number of piperidine rings is 1. The SMILES string of the molecule is CC1CN(Cc2ccc(Cl)c(F)c2)CCC1Br. The number of benzene rings is 1. The third-order valence-corrected chi connectivity index (χ3v) is 4.94. The molecule has 17 heavy (non-hydrogen) atoms. The number of hydrogen-bond acceptors (Lipinski definition) is 1. The molecule has 1 aliphatic heterocycles. The normalized spacial score (nSPS) is 26.1. The van der Waals surface area contributed by atoms with Gasteiger partial charge in [-0.25, -0.2) is 4.39 Å². The third-order valence-electron chi connectivity index (χ3n) is 3.27. The van der Waals surface area contributed by atoms with Crippen LogP contribution in [0.3, 0.4) is 0 Å². The Labute approximate surface area is 115 Å². The average molecular weight is 321 g/mol. The maximum atomic E-state index is 13.3. The van der Waals surface area contributed by atoms with Gasteiger partial charge in [-0.15, -0.1) is 0 Å². The van der Waals surface area contributed by atoms with Gasteiger partial charge in [0.15, 0.2) is 0 Å². The van der Waals surface area contributed by atoms with Crippen LogP contribution in [0.25, 0.3) is 0 Å². The van der Waals surface area contributed by atoms with Crippen molar-refractivity contribution in [1.29, 1.82) is 0 Å². The second-order valence-corrected chi connectivity index (χ2v) is 6.35. The lowest BCUT2D eigenvalue weighted by atomic mass is 9.99. The molecule has 0 amide bonds. The highest BCUT2D eigenvalue weighted by Gasteiger charge is 2.23. The number of hydrogen-bond donors (Lipinski definition) is 0. The standard InChI is InChI=1S/C13H16BrClFN/c1-9-7-17(5-4-11(9)14)8-10-2-3-12(15)13(16)6-10/h2-3,6,9,11H,4-5,7-8H2,1H3. The van der Waals surface area contributed by atoms with Gasteiger partial charge < -0.3 is 0 Å². The molecule has 0 bridgehead atoms. The summed E-state index contributed by atoms with van der Waals surface area (Å²) in [5.41, 5.74) is 0.993. The number of halogens is 3. The molecule has 1 nitrogen and oxygen atoms in total. The van der Waals surface area contributed by atoms with Crippen molar-refractivity contribution in [2.45, 2.75) is 24.7 Å². The van der Waals surface area contributed by atoms with E-state index in [4.69, 9.17) is 11.6 Å². The Hall–Kier alpha value is -0.120. The van der Waals surface area contributed by atoms with E-state index in [1.807, 2.05) is 6.07 Å². The van der Waals surface area contributed by atoms with Crippen LogP contribution in [-0.2, 0) is 6.54 Å². The van der Waals surface area contributed by atoms with E-state index in [2.05, 4.69) is 27.8 Å². The van der Waals surface area contributed by atoms with E-state index in [9.17, 15) is 4.39 Å². The first kappa shape index (κ1) is 13.3. The molecule has 1 aromatic carbocycles. The summed E-state index contributed by atoms with van der Waals surface area (Å²) < 4.78 is 13.3. The molecule has 0 N–H and O–H groups in total. The monoisotopic (exact) mass is 319 g/mol. The van der Waals surface area contributed by atoms with E-state index in [1.54, 1.807) is 6.07 Å². The Bertz CT molecular complexity index is 399. The predicted octanol–water partition coefficient (Wildman–Crippen LogP) is 4.08. The van der Waals surface area contributed by atoms with E-state index in [-0.39, 0.29) is 10.8 Å². The summed E-state index contributed by atoms with van der Waals surface area (Å²) in [4.78, 5) is 2.98. The van der Waals surface area contributed by atoms with Crippen molar-refractivity contribution >= 4 is 27.5 Å². The lowest BCUT2D eigenvalue weighted by molar-refractivity contribution is 0.183. The van der Waals surface area contributed by atoms with Crippen LogP contribution in [0.5, 0.6) is 0 Å². The summed E-state index contributed by atoms with van der Waals surface area (Å²) >= 11 is 9.35. The van der Waals surface area contributed by atoms with Crippen molar-refractivity contribution in [3.05, 3.63) is 34.6 Å². The first-order chi connectivity index (χ1) is 8.06. The Kier molecular flexibility index (Phi) is 4.45. The molecule has 1 heterocycles. The molecule has 1 saturated heterocycles. The van der Waals surface area contributed by atoms with Crippen molar-refractivity contribution in [2.75, 3.05) is 13.1 Å². The van der Waals surface area contributed by atoms with Crippen LogP contribution in [0.1, 0.15) is 18.9 Å². The Morgan fingerprint density at radius 2 is 2.29 bits per heavy atom. The number of likely N-dealkylation sites (tertiary alicyclic amines) is 1. The molecule has 2 unspecified atom stereocenters. The van der Waals surface area contributed by atoms with Crippen LogP contribution >= 0.6 is 27.5 Å². The molecule has 0 spiro atoms. The lowest BCUT2D eigenvalue weighted by Gasteiger charge is -2.34. The number of rotatable bonds is 2. The van der Waals surface area contributed by atoms with Crippen LogP contribution in [0.4, 0.5) is 4.39 Å². The molecule has 4 heteroatoms. The van der Waals surface area contributed by atoms with Crippen molar-refractivity contribution in [3.8, 4) is 0 Å². The van der Waals surface area contributed by atoms with Crippen LogP contribution < -0.4 is 0 Å². The first-order valence-corrected chi connectivity index (χ1v) is 7.16. The minimum absolute atomic E-state index is 0.196. The van der Waals surface area contributed by atoms with Crippen LogP contribution in [-0.4, -0.2) is 22.8 Å². The van der Waals surface area contributed by atoms with Gasteiger partial charge in [-0.05, 0) is 36.6 Å². The second kappa shape index (κ2) is 5.68. The summed E-state index contributed by atoms with van der Waals surface area (Å²) in [6.45, 7) is 5.16. The van der Waals surface area contributed by atoms with Crippen LogP contribution in [0, 0.1) is 11.7 Å². The van der Waals surface area contributed by atoms with Crippen molar-refractivity contribution in [1.82, 2.24) is 4.90 Å². The molecule has 0 radical (unpaired) electrons. The van der Waals surface area contributed by atoms with Crippen molar-refractivity contribution in [2.24, 2.45) is 5.92 Å². The largest absolute Gasteiger partial charge is 0.299 e. The average Bonchev–Trinajstić information content (AvgIpc) is 2.29. The highest BCUT2D eigenvalue weighted by molar-refractivity contribution is 9.09. The molecule has 1 fully saturated rings. The highest BCUT2D eigenvalue weighted by atomic mass is 79.9. The fourth-order valence-electron chi connectivity index (χ4n) is 2.24. The van der Waals surface area contributed by atoms with Gasteiger partial charge in [0.25, 0.3) is 0 Å². The van der Waals surface area contributed by atoms with Gasteiger partial charge in [0.05, 0.1) is 5.02 Å². The van der Waals surface area contributed by atoms with Crippen LogP contribution in [0.2, 0.25) is 5.02 Å². The van der Waals surface area contributed by atoms with E-state index in [1.165, 1.54) is 6.07 Å². The van der Waals surface area contributed by atoms with E-state index >= 15 is 0 Å². The summed E-state index contributed by atoms with van der Waals surface area (Å²) in [6.07, 6.45) is 1.15.